The van der Waals surface area contributed by atoms with Crippen molar-refractivity contribution in [2.45, 2.75) is 33.6 Å². The molecule has 1 rings (SSSR count). The Kier molecular flexibility index (Phi) is 3.99. The number of benzene rings is 1. The van der Waals surface area contributed by atoms with E-state index >= 15 is 0 Å². The third-order valence-electron chi connectivity index (χ3n) is 2.49. The summed E-state index contributed by atoms with van der Waals surface area (Å²) >= 11 is 3.61. The van der Waals surface area contributed by atoms with E-state index in [9.17, 15) is 0 Å². The van der Waals surface area contributed by atoms with Crippen LogP contribution in [-0.4, -0.2) is 7.11 Å². The van der Waals surface area contributed by atoms with Crippen LogP contribution in [-0.2, 0) is 6.42 Å². The van der Waals surface area contributed by atoms with Crippen LogP contribution in [0.2, 0.25) is 0 Å². The van der Waals surface area contributed by atoms with E-state index in [4.69, 9.17) is 4.74 Å². The highest BCUT2D eigenvalue weighted by Gasteiger charge is 2.11. The van der Waals surface area contributed by atoms with Crippen molar-refractivity contribution in [3.63, 3.8) is 0 Å². The Labute approximate surface area is 94.6 Å². The van der Waals surface area contributed by atoms with E-state index < -0.39 is 0 Å². The second-order valence-electron chi connectivity index (χ2n) is 3.56. The van der Waals surface area contributed by atoms with Crippen molar-refractivity contribution >= 4 is 15.9 Å². The normalized spacial score (nSPS) is 10.4. The van der Waals surface area contributed by atoms with Crippen LogP contribution >= 0.6 is 15.9 Å². The molecule has 0 aliphatic carbocycles. The fourth-order valence-corrected chi connectivity index (χ4v) is 2.66. The van der Waals surface area contributed by atoms with E-state index in [-0.39, 0.29) is 0 Å². The summed E-state index contributed by atoms with van der Waals surface area (Å²) in [4.78, 5) is 0. The zero-order valence-corrected chi connectivity index (χ0v) is 10.9. The summed E-state index contributed by atoms with van der Waals surface area (Å²) in [6.45, 7) is 6.39. The van der Waals surface area contributed by atoms with Gasteiger partial charge in [0.15, 0.2) is 0 Å². The van der Waals surface area contributed by atoms with Crippen LogP contribution in [0.25, 0.3) is 0 Å². The second-order valence-corrected chi connectivity index (χ2v) is 4.42. The van der Waals surface area contributed by atoms with Crippen molar-refractivity contribution in [1.82, 2.24) is 0 Å². The maximum atomic E-state index is 5.40. The molecule has 0 aromatic heterocycles. The van der Waals surface area contributed by atoms with E-state index in [0.717, 1.165) is 18.6 Å². The van der Waals surface area contributed by atoms with Gasteiger partial charge in [0, 0.05) is 4.47 Å². The van der Waals surface area contributed by atoms with E-state index in [0.29, 0.717) is 0 Å². The Morgan fingerprint density at radius 2 is 2.00 bits per heavy atom. The first-order chi connectivity index (χ1) is 6.61. The van der Waals surface area contributed by atoms with Gasteiger partial charge in [-0.15, -0.1) is 0 Å². The third kappa shape index (κ3) is 2.11. The fourth-order valence-electron chi connectivity index (χ4n) is 1.83. The molecule has 1 aromatic carbocycles. The van der Waals surface area contributed by atoms with Crippen molar-refractivity contribution < 1.29 is 4.74 Å². The van der Waals surface area contributed by atoms with Crippen LogP contribution in [0.4, 0.5) is 0 Å². The summed E-state index contributed by atoms with van der Waals surface area (Å²) < 4.78 is 6.60. The number of methoxy groups -OCH3 is 1. The molecule has 0 aliphatic rings. The lowest BCUT2D eigenvalue weighted by Gasteiger charge is -2.14. The first-order valence-corrected chi connectivity index (χ1v) is 5.73. The average Bonchev–Trinajstić information content (AvgIpc) is 2.12. The minimum absolute atomic E-state index is 1.02. The van der Waals surface area contributed by atoms with E-state index in [1.165, 1.54) is 21.2 Å². The lowest BCUT2D eigenvalue weighted by molar-refractivity contribution is 0.407. The maximum absolute atomic E-state index is 5.40. The minimum Gasteiger partial charge on any atom is -0.496 e. The van der Waals surface area contributed by atoms with Crippen LogP contribution in [0, 0.1) is 13.8 Å². The number of rotatable bonds is 3. The van der Waals surface area contributed by atoms with E-state index in [1.807, 2.05) is 0 Å². The molecule has 0 radical (unpaired) electrons. The van der Waals surface area contributed by atoms with Gasteiger partial charge in [-0.1, -0.05) is 29.3 Å². The van der Waals surface area contributed by atoms with E-state index in [1.54, 1.807) is 7.11 Å². The molecular weight excluding hydrogens is 240 g/mol. The zero-order chi connectivity index (χ0) is 10.7. The predicted octanol–water partition coefficient (Wildman–Crippen LogP) is 4.03. The molecule has 78 valence electrons. The smallest absolute Gasteiger partial charge is 0.125 e. The average molecular weight is 257 g/mol. The quantitative estimate of drug-likeness (QED) is 0.794. The monoisotopic (exact) mass is 256 g/mol. The van der Waals surface area contributed by atoms with Gasteiger partial charge in [-0.25, -0.2) is 0 Å². The highest BCUT2D eigenvalue weighted by atomic mass is 79.9. The minimum atomic E-state index is 1.02. The Bertz CT molecular complexity index is 332. The number of ether oxygens (including phenoxy) is 1. The SMILES string of the molecule is CCCc1c(Br)cc(C)c(OC)c1C. The van der Waals surface area contributed by atoms with Crippen LogP contribution in [0.5, 0.6) is 5.75 Å². The number of hydrogen-bond donors (Lipinski definition) is 0. The standard InChI is InChI=1S/C12H17BrO/c1-5-6-10-9(3)12(14-4)8(2)7-11(10)13/h7H,5-6H2,1-4H3. The first kappa shape index (κ1) is 11.6. The Hall–Kier alpha value is -0.500. The van der Waals surface area contributed by atoms with Gasteiger partial charge in [0.1, 0.15) is 5.75 Å². The largest absolute Gasteiger partial charge is 0.496 e. The lowest BCUT2D eigenvalue weighted by Crippen LogP contribution is -1.97. The summed E-state index contributed by atoms with van der Waals surface area (Å²) in [6.07, 6.45) is 2.26. The molecule has 0 amide bonds. The summed E-state index contributed by atoms with van der Waals surface area (Å²) in [5.74, 6) is 1.02. The Morgan fingerprint density at radius 1 is 1.36 bits per heavy atom. The first-order valence-electron chi connectivity index (χ1n) is 4.94. The second kappa shape index (κ2) is 4.83. The van der Waals surface area contributed by atoms with Crippen LogP contribution in [0.1, 0.15) is 30.0 Å². The summed E-state index contributed by atoms with van der Waals surface area (Å²) in [5, 5.41) is 0. The molecule has 0 fully saturated rings. The van der Waals surface area contributed by atoms with Crippen LogP contribution < -0.4 is 4.74 Å². The molecular formula is C12H17BrO. The van der Waals surface area contributed by atoms with Gasteiger partial charge in [-0.3, -0.25) is 0 Å². The summed E-state index contributed by atoms with van der Waals surface area (Å²) in [6, 6.07) is 2.14. The van der Waals surface area contributed by atoms with Crippen molar-refractivity contribution in [2.75, 3.05) is 7.11 Å². The summed E-state index contributed by atoms with van der Waals surface area (Å²) in [5.41, 5.74) is 3.83. The molecule has 0 bridgehead atoms. The highest BCUT2D eigenvalue weighted by molar-refractivity contribution is 9.10. The van der Waals surface area contributed by atoms with Gasteiger partial charge in [0.05, 0.1) is 7.11 Å². The molecule has 1 aromatic rings. The van der Waals surface area contributed by atoms with Gasteiger partial charge < -0.3 is 4.74 Å². The third-order valence-corrected chi connectivity index (χ3v) is 3.19. The molecule has 1 nitrogen and oxygen atoms in total. The topological polar surface area (TPSA) is 9.23 Å². The van der Waals surface area contributed by atoms with Crippen molar-refractivity contribution in [3.8, 4) is 5.75 Å². The molecule has 0 spiro atoms. The molecule has 0 saturated carbocycles. The van der Waals surface area contributed by atoms with Gasteiger partial charge >= 0.3 is 0 Å². The predicted molar refractivity (Wildman–Crippen MR) is 64.2 cm³/mol. The molecule has 14 heavy (non-hydrogen) atoms. The molecule has 0 atom stereocenters. The van der Waals surface area contributed by atoms with Crippen molar-refractivity contribution in [2.24, 2.45) is 0 Å². The Balaban J connectivity index is 3.28. The number of aryl methyl sites for hydroxylation is 1. The molecule has 2 heteroatoms. The Morgan fingerprint density at radius 3 is 2.50 bits per heavy atom. The molecule has 0 aliphatic heterocycles. The zero-order valence-electron chi connectivity index (χ0n) is 9.28. The molecule has 0 saturated heterocycles. The summed E-state index contributed by atoms with van der Waals surface area (Å²) in [7, 11) is 1.74. The van der Waals surface area contributed by atoms with Crippen molar-refractivity contribution in [1.29, 1.82) is 0 Å². The maximum Gasteiger partial charge on any atom is 0.125 e. The molecule has 0 N–H and O–H groups in total. The molecule has 0 heterocycles. The van der Waals surface area contributed by atoms with E-state index in [2.05, 4.69) is 42.8 Å². The van der Waals surface area contributed by atoms with Crippen molar-refractivity contribution in [3.05, 3.63) is 27.2 Å². The van der Waals surface area contributed by atoms with Crippen LogP contribution in [0.3, 0.4) is 0 Å². The lowest BCUT2D eigenvalue weighted by atomic mass is 10.0. The fraction of sp³-hybridized carbons (Fsp3) is 0.500. The van der Waals surface area contributed by atoms with Gasteiger partial charge in [-0.2, -0.15) is 0 Å². The van der Waals surface area contributed by atoms with Gasteiger partial charge in [-0.05, 0) is 43.0 Å². The number of halogens is 1. The number of hydrogen-bond acceptors (Lipinski definition) is 1. The van der Waals surface area contributed by atoms with Gasteiger partial charge in [0.25, 0.3) is 0 Å². The molecule has 0 unspecified atom stereocenters. The van der Waals surface area contributed by atoms with Crippen LogP contribution in [0.15, 0.2) is 10.5 Å². The van der Waals surface area contributed by atoms with Gasteiger partial charge in [0.2, 0.25) is 0 Å². The highest BCUT2D eigenvalue weighted by Crippen LogP contribution is 2.32.